The summed E-state index contributed by atoms with van der Waals surface area (Å²) >= 11 is 0. The maximum absolute atomic E-state index is 10.4. The number of pyridine rings is 1. The number of nitrogens with zero attached hydrogens (tertiary/aromatic N) is 2. The lowest BCUT2D eigenvalue weighted by Gasteiger charge is -2.10. The van der Waals surface area contributed by atoms with Gasteiger partial charge in [-0.05, 0) is 48.4 Å². The second-order valence-electron chi connectivity index (χ2n) is 6.75. The molecule has 0 fully saturated rings. The summed E-state index contributed by atoms with van der Waals surface area (Å²) in [5.74, 6) is 2.56. The summed E-state index contributed by atoms with van der Waals surface area (Å²) < 4.78 is 12.9. The molecule has 3 heterocycles. The van der Waals surface area contributed by atoms with Crippen molar-refractivity contribution < 1.29 is 14.6 Å². The fraction of sp³-hybridized carbons (Fsp3) is 0.136. The van der Waals surface area contributed by atoms with Crippen molar-refractivity contribution in [2.24, 2.45) is 0 Å². The first kappa shape index (κ1) is 16.5. The lowest BCUT2D eigenvalue weighted by molar-refractivity contribution is 0.174. The minimum absolute atomic E-state index is 0.203. The van der Waals surface area contributed by atoms with Gasteiger partial charge in [0.25, 0.3) is 0 Å². The molecule has 2 N–H and O–H groups in total. The maximum atomic E-state index is 10.4. The maximum Gasteiger partial charge on any atom is 0.231 e. The smallest absolute Gasteiger partial charge is 0.231 e. The van der Waals surface area contributed by atoms with Gasteiger partial charge in [-0.2, -0.15) is 0 Å². The molecule has 0 aliphatic carbocycles. The van der Waals surface area contributed by atoms with Gasteiger partial charge in [0.2, 0.25) is 6.79 Å². The van der Waals surface area contributed by atoms with Crippen molar-refractivity contribution in [2.45, 2.75) is 13.5 Å². The lowest BCUT2D eigenvalue weighted by atomic mass is 10.1. The summed E-state index contributed by atoms with van der Waals surface area (Å²) in [5, 5.41) is 13.9. The molecule has 5 rings (SSSR count). The Hall–Kier alpha value is -3.67. The van der Waals surface area contributed by atoms with Crippen molar-refractivity contribution in [3.05, 3.63) is 71.9 Å². The number of fused-ring (bicyclic) bond motifs is 2. The van der Waals surface area contributed by atoms with E-state index < -0.39 is 0 Å². The molecule has 4 aromatic rings. The molecule has 0 spiro atoms. The molecule has 140 valence electrons. The third-order valence-electron chi connectivity index (χ3n) is 4.90. The van der Waals surface area contributed by atoms with Crippen LogP contribution in [-0.2, 0) is 6.54 Å². The van der Waals surface area contributed by atoms with Crippen LogP contribution in [-0.4, -0.2) is 21.3 Å². The molecule has 28 heavy (non-hydrogen) atoms. The average Bonchev–Trinajstić information content (AvgIpc) is 3.31. The van der Waals surface area contributed by atoms with Crippen molar-refractivity contribution >= 4 is 11.5 Å². The fourth-order valence-corrected chi connectivity index (χ4v) is 3.47. The van der Waals surface area contributed by atoms with Crippen LogP contribution in [0, 0.1) is 6.92 Å². The van der Waals surface area contributed by atoms with Gasteiger partial charge in [-0.15, -0.1) is 0 Å². The summed E-state index contributed by atoms with van der Waals surface area (Å²) in [6, 6.07) is 17.2. The Kier molecular flexibility index (Phi) is 3.83. The van der Waals surface area contributed by atoms with Crippen molar-refractivity contribution in [3.8, 4) is 28.5 Å². The molecule has 1 aliphatic heterocycles. The number of aryl methyl sites for hydroxylation is 1. The lowest BCUT2D eigenvalue weighted by Crippen LogP contribution is -2.03. The first-order valence-corrected chi connectivity index (χ1v) is 9.09. The highest BCUT2D eigenvalue weighted by molar-refractivity contribution is 5.80. The number of benzene rings is 2. The van der Waals surface area contributed by atoms with E-state index in [-0.39, 0.29) is 12.5 Å². The first-order valence-electron chi connectivity index (χ1n) is 9.09. The normalized spacial score (nSPS) is 12.5. The molecule has 0 saturated carbocycles. The van der Waals surface area contributed by atoms with Gasteiger partial charge >= 0.3 is 0 Å². The Labute approximate surface area is 162 Å². The number of phenols is 1. The van der Waals surface area contributed by atoms with Crippen LogP contribution in [0.25, 0.3) is 16.9 Å². The minimum atomic E-state index is 0.203. The van der Waals surface area contributed by atoms with E-state index in [1.54, 1.807) is 12.1 Å². The Morgan fingerprint density at radius 1 is 1.07 bits per heavy atom. The predicted molar refractivity (Wildman–Crippen MR) is 107 cm³/mol. The number of phenolic OH excluding ortho intramolecular Hbond substituents is 1. The summed E-state index contributed by atoms with van der Waals surface area (Å²) in [7, 11) is 0. The van der Waals surface area contributed by atoms with E-state index in [4.69, 9.17) is 14.5 Å². The number of para-hydroxylation sites is 1. The number of ether oxygens (including phenoxy) is 2. The molecule has 2 aromatic heterocycles. The van der Waals surface area contributed by atoms with Gasteiger partial charge in [-0.3, -0.25) is 4.40 Å². The average molecular weight is 373 g/mol. The van der Waals surface area contributed by atoms with E-state index in [2.05, 4.69) is 5.32 Å². The van der Waals surface area contributed by atoms with E-state index in [0.717, 1.165) is 34.1 Å². The number of hydrogen-bond donors (Lipinski definition) is 2. The molecule has 0 unspecified atom stereocenters. The largest absolute Gasteiger partial charge is 0.507 e. The van der Waals surface area contributed by atoms with Crippen molar-refractivity contribution in [2.75, 3.05) is 12.1 Å². The molecular weight excluding hydrogens is 354 g/mol. The van der Waals surface area contributed by atoms with Crippen LogP contribution >= 0.6 is 0 Å². The number of imidazole rings is 1. The van der Waals surface area contributed by atoms with Crippen LogP contribution in [0.2, 0.25) is 0 Å². The van der Waals surface area contributed by atoms with Crippen LogP contribution in [0.3, 0.4) is 0 Å². The number of anilines is 1. The second-order valence-corrected chi connectivity index (χ2v) is 6.75. The molecule has 6 nitrogen and oxygen atoms in total. The van der Waals surface area contributed by atoms with Crippen LogP contribution in [0.4, 0.5) is 5.82 Å². The predicted octanol–water partition coefficient (Wildman–Crippen LogP) is 4.36. The number of rotatable bonds is 4. The molecule has 0 bridgehead atoms. The van der Waals surface area contributed by atoms with Crippen LogP contribution in [0.15, 0.2) is 60.8 Å². The molecule has 2 aromatic carbocycles. The number of aromatic hydroxyl groups is 1. The second kappa shape index (κ2) is 6.49. The molecule has 0 saturated heterocycles. The van der Waals surface area contributed by atoms with E-state index >= 15 is 0 Å². The van der Waals surface area contributed by atoms with Crippen LogP contribution in [0.5, 0.6) is 17.2 Å². The molecule has 0 radical (unpaired) electrons. The van der Waals surface area contributed by atoms with Gasteiger partial charge in [-0.25, -0.2) is 4.98 Å². The highest BCUT2D eigenvalue weighted by atomic mass is 16.7. The number of nitrogens with one attached hydrogen (secondary N) is 1. The third-order valence-corrected chi connectivity index (χ3v) is 4.90. The molecule has 0 amide bonds. The monoisotopic (exact) mass is 373 g/mol. The molecular formula is C22H19N3O3. The van der Waals surface area contributed by atoms with Crippen LogP contribution in [0.1, 0.15) is 11.1 Å². The van der Waals surface area contributed by atoms with Crippen molar-refractivity contribution in [1.82, 2.24) is 9.38 Å². The zero-order valence-corrected chi connectivity index (χ0v) is 15.3. The molecule has 0 atom stereocenters. The van der Waals surface area contributed by atoms with E-state index in [1.165, 1.54) is 0 Å². The zero-order valence-electron chi connectivity index (χ0n) is 15.3. The van der Waals surface area contributed by atoms with Gasteiger partial charge < -0.3 is 19.9 Å². The highest BCUT2D eigenvalue weighted by Gasteiger charge is 2.18. The van der Waals surface area contributed by atoms with Gasteiger partial charge in [-0.1, -0.05) is 24.3 Å². The van der Waals surface area contributed by atoms with Crippen molar-refractivity contribution in [1.29, 1.82) is 0 Å². The SMILES string of the molecule is Cc1cccn2c(NCc3ccc4c(c3)OCO4)c(-c3ccccc3O)nc12. The van der Waals surface area contributed by atoms with E-state index in [0.29, 0.717) is 17.8 Å². The highest BCUT2D eigenvalue weighted by Crippen LogP contribution is 2.36. The quantitative estimate of drug-likeness (QED) is 0.556. The summed E-state index contributed by atoms with van der Waals surface area (Å²) in [4.78, 5) is 4.81. The van der Waals surface area contributed by atoms with E-state index in [9.17, 15) is 5.11 Å². The Morgan fingerprint density at radius 2 is 1.93 bits per heavy atom. The summed E-state index contributed by atoms with van der Waals surface area (Å²) in [6.07, 6.45) is 1.97. The Morgan fingerprint density at radius 3 is 2.82 bits per heavy atom. The first-order chi connectivity index (χ1) is 13.7. The topological polar surface area (TPSA) is 68.0 Å². The Bertz CT molecular complexity index is 1180. The number of hydrogen-bond acceptors (Lipinski definition) is 5. The molecule has 6 heteroatoms. The minimum Gasteiger partial charge on any atom is -0.507 e. The van der Waals surface area contributed by atoms with Gasteiger partial charge in [0.05, 0.1) is 0 Å². The Balaban J connectivity index is 1.57. The summed E-state index contributed by atoms with van der Waals surface area (Å²) in [5.41, 5.74) is 4.39. The number of aromatic nitrogens is 2. The third kappa shape index (κ3) is 2.70. The van der Waals surface area contributed by atoms with Gasteiger partial charge in [0, 0.05) is 18.3 Å². The summed E-state index contributed by atoms with van der Waals surface area (Å²) in [6.45, 7) is 2.87. The molecule has 1 aliphatic rings. The van der Waals surface area contributed by atoms with Crippen molar-refractivity contribution in [3.63, 3.8) is 0 Å². The van der Waals surface area contributed by atoms with Gasteiger partial charge in [0.15, 0.2) is 11.5 Å². The zero-order chi connectivity index (χ0) is 19.1. The fourth-order valence-electron chi connectivity index (χ4n) is 3.47. The standard InChI is InChI=1S/C22H19N3O3/c1-14-5-4-10-25-21(14)24-20(16-6-2-3-7-17(16)26)22(25)23-12-15-8-9-18-19(11-15)28-13-27-18/h2-11,23,26H,12-13H2,1H3. The van der Waals surface area contributed by atoms with Crippen LogP contribution < -0.4 is 14.8 Å². The van der Waals surface area contributed by atoms with Gasteiger partial charge in [0.1, 0.15) is 22.9 Å². The van der Waals surface area contributed by atoms with E-state index in [1.807, 2.05) is 60.0 Å².